The van der Waals surface area contributed by atoms with Crippen LogP contribution in [0.4, 0.5) is 9.52 Å². The second kappa shape index (κ2) is 9.48. The van der Waals surface area contributed by atoms with Gasteiger partial charge in [-0.2, -0.15) is 4.31 Å². The second-order valence-electron chi connectivity index (χ2n) is 7.71. The van der Waals surface area contributed by atoms with Crippen LogP contribution in [0.5, 0.6) is 0 Å². The van der Waals surface area contributed by atoms with E-state index in [4.69, 9.17) is 0 Å². The van der Waals surface area contributed by atoms with Crippen molar-refractivity contribution in [1.29, 1.82) is 0 Å². The summed E-state index contributed by atoms with van der Waals surface area (Å²) >= 11 is 1.37. The van der Waals surface area contributed by atoms with Crippen LogP contribution in [0.2, 0.25) is 0 Å². The molecule has 0 radical (unpaired) electrons. The van der Waals surface area contributed by atoms with Crippen LogP contribution in [0, 0.1) is 11.7 Å². The van der Waals surface area contributed by atoms with Gasteiger partial charge in [-0.1, -0.05) is 31.2 Å². The van der Waals surface area contributed by atoms with Crippen LogP contribution in [-0.4, -0.2) is 36.7 Å². The maximum absolute atomic E-state index is 13.1. The number of carbonyl (C=O) groups excluding carboxylic acids is 1. The molecule has 1 aromatic heterocycles. The zero-order chi connectivity index (χ0) is 22.7. The molecule has 2 aromatic carbocycles. The summed E-state index contributed by atoms with van der Waals surface area (Å²) in [7, 11) is -3.69. The summed E-state index contributed by atoms with van der Waals surface area (Å²) < 4.78 is 39.9. The summed E-state index contributed by atoms with van der Waals surface area (Å²) in [5.41, 5.74) is 3.07. The number of piperidine rings is 1. The smallest absolute Gasteiger partial charge is 0.243 e. The molecule has 0 bridgehead atoms. The number of nitrogens with zero attached hydrogens (tertiary/aromatic N) is 2. The molecule has 3 aromatic rings. The number of sulfonamides is 1. The molecule has 0 atom stereocenters. The van der Waals surface area contributed by atoms with Crippen molar-refractivity contribution in [3.05, 3.63) is 65.3 Å². The quantitative estimate of drug-likeness (QED) is 0.570. The monoisotopic (exact) mass is 473 g/mol. The minimum Gasteiger partial charge on any atom is -0.302 e. The topological polar surface area (TPSA) is 79.4 Å². The molecule has 0 unspecified atom stereocenters. The Labute approximate surface area is 191 Å². The number of hydrogen-bond donors (Lipinski definition) is 1. The summed E-state index contributed by atoms with van der Waals surface area (Å²) in [6.07, 6.45) is 1.81. The van der Waals surface area contributed by atoms with Gasteiger partial charge in [0.15, 0.2) is 5.13 Å². The number of carbonyl (C=O) groups is 1. The van der Waals surface area contributed by atoms with Crippen molar-refractivity contribution in [3.63, 3.8) is 0 Å². The normalized spacial score (nSPS) is 15.6. The Hall–Kier alpha value is -2.62. The molecule has 1 aliphatic rings. The summed E-state index contributed by atoms with van der Waals surface area (Å²) in [6.45, 7) is 2.59. The predicted molar refractivity (Wildman–Crippen MR) is 123 cm³/mol. The molecule has 6 nitrogen and oxygen atoms in total. The molecule has 1 N–H and O–H groups in total. The lowest BCUT2D eigenvalue weighted by Crippen LogP contribution is -2.41. The maximum atomic E-state index is 13.1. The van der Waals surface area contributed by atoms with Crippen LogP contribution in [0.1, 0.15) is 25.3 Å². The van der Waals surface area contributed by atoms with E-state index in [0.29, 0.717) is 18.0 Å². The van der Waals surface area contributed by atoms with Crippen LogP contribution in [0.15, 0.2) is 58.8 Å². The average molecular weight is 474 g/mol. The lowest BCUT2D eigenvalue weighted by Gasteiger charge is -2.30. The number of hydrogen-bond acceptors (Lipinski definition) is 5. The standard InChI is InChI=1S/C23H24FN3O3S2/c1-2-16-3-5-17(6-4-16)21-15-31-23(25-21)26-22(28)18-11-13-27(14-12-18)32(29,30)20-9-7-19(24)8-10-20/h3-10,15,18H,2,11-14H2,1H3,(H,25,26,28). The zero-order valence-electron chi connectivity index (χ0n) is 17.6. The van der Waals surface area contributed by atoms with Gasteiger partial charge >= 0.3 is 0 Å². The molecule has 1 saturated heterocycles. The molecule has 0 aliphatic carbocycles. The maximum Gasteiger partial charge on any atom is 0.243 e. The van der Waals surface area contributed by atoms with Crippen molar-refractivity contribution in [2.75, 3.05) is 18.4 Å². The third-order valence-electron chi connectivity index (χ3n) is 5.67. The number of rotatable bonds is 6. The highest BCUT2D eigenvalue weighted by Gasteiger charge is 2.32. The molecule has 0 spiro atoms. The van der Waals surface area contributed by atoms with Crippen molar-refractivity contribution >= 4 is 32.4 Å². The molecule has 1 amide bonds. The summed E-state index contributed by atoms with van der Waals surface area (Å²) in [4.78, 5) is 17.3. The van der Waals surface area contributed by atoms with E-state index in [1.807, 2.05) is 17.5 Å². The Morgan fingerprint density at radius 3 is 2.41 bits per heavy atom. The van der Waals surface area contributed by atoms with E-state index in [0.717, 1.165) is 29.8 Å². The van der Waals surface area contributed by atoms with Crippen LogP contribution in [-0.2, 0) is 21.2 Å². The van der Waals surface area contributed by atoms with Gasteiger partial charge in [0.05, 0.1) is 10.6 Å². The average Bonchev–Trinajstić information content (AvgIpc) is 3.28. The highest BCUT2D eigenvalue weighted by molar-refractivity contribution is 7.89. The van der Waals surface area contributed by atoms with E-state index >= 15 is 0 Å². The van der Waals surface area contributed by atoms with Crippen molar-refractivity contribution in [3.8, 4) is 11.3 Å². The number of thiazole rings is 1. The predicted octanol–water partition coefficient (Wildman–Crippen LogP) is 4.55. The molecular formula is C23H24FN3O3S2. The van der Waals surface area contributed by atoms with Crippen LogP contribution >= 0.6 is 11.3 Å². The molecular weight excluding hydrogens is 449 g/mol. The fourth-order valence-electron chi connectivity index (χ4n) is 3.70. The highest BCUT2D eigenvalue weighted by atomic mass is 32.2. The van der Waals surface area contributed by atoms with E-state index in [9.17, 15) is 17.6 Å². The van der Waals surface area contributed by atoms with Gasteiger partial charge in [-0.3, -0.25) is 4.79 Å². The van der Waals surface area contributed by atoms with Gasteiger partial charge in [-0.25, -0.2) is 17.8 Å². The fraction of sp³-hybridized carbons (Fsp3) is 0.304. The van der Waals surface area contributed by atoms with Gasteiger partial charge in [-0.05, 0) is 49.1 Å². The van der Waals surface area contributed by atoms with E-state index in [1.54, 1.807) is 0 Å². The molecule has 2 heterocycles. The number of halogens is 1. The summed E-state index contributed by atoms with van der Waals surface area (Å²) in [6, 6.07) is 13.0. The first-order valence-electron chi connectivity index (χ1n) is 10.5. The van der Waals surface area contributed by atoms with Gasteiger partial charge in [0.2, 0.25) is 15.9 Å². The van der Waals surface area contributed by atoms with E-state index in [2.05, 4.69) is 29.4 Å². The Morgan fingerprint density at radius 2 is 1.78 bits per heavy atom. The van der Waals surface area contributed by atoms with Gasteiger partial charge in [0.1, 0.15) is 5.82 Å². The Balaban J connectivity index is 1.35. The number of nitrogens with one attached hydrogen (secondary N) is 1. The third kappa shape index (κ3) is 4.90. The SMILES string of the molecule is CCc1ccc(-c2csc(NC(=O)C3CCN(S(=O)(=O)c4ccc(F)cc4)CC3)n2)cc1. The highest BCUT2D eigenvalue weighted by Crippen LogP contribution is 2.28. The van der Waals surface area contributed by atoms with Crippen molar-refractivity contribution in [2.24, 2.45) is 5.92 Å². The van der Waals surface area contributed by atoms with E-state index < -0.39 is 15.8 Å². The first-order valence-corrected chi connectivity index (χ1v) is 12.8. The van der Waals surface area contributed by atoms with Gasteiger partial charge in [0, 0.05) is 30.0 Å². The van der Waals surface area contributed by atoms with Crippen molar-refractivity contribution in [1.82, 2.24) is 9.29 Å². The number of aryl methyl sites for hydroxylation is 1. The van der Waals surface area contributed by atoms with Crippen molar-refractivity contribution in [2.45, 2.75) is 31.1 Å². The summed E-state index contributed by atoms with van der Waals surface area (Å²) in [5.74, 6) is -0.917. The summed E-state index contributed by atoms with van der Waals surface area (Å²) in [5, 5.41) is 5.32. The van der Waals surface area contributed by atoms with Crippen LogP contribution < -0.4 is 5.32 Å². The van der Waals surface area contributed by atoms with Gasteiger partial charge in [-0.15, -0.1) is 11.3 Å². The third-order valence-corrected chi connectivity index (χ3v) is 8.34. The number of aromatic nitrogens is 1. The lowest BCUT2D eigenvalue weighted by atomic mass is 9.97. The lowest BCUT2D eigenvalue weighted by molar-refractivity contribution is -0.120. The number of amides is 1. The Morgan fingerprint density at radius 1 is 1.12 bits per heavy atom. The minimum absolute atomic E-state index is 0.0593. The number of anilines is 1. The van der Waals surface area contributed by atoms with Crippen LogP contribution in [0.3, 0.4) is 0 Å². The first kappa shape index (κ1) is 22.6. The second-order valence-corrected chi connectivity index (χ2v) is 10.5. The molecule has 168 valence electrons. The molecule has 1 aliphatic heterocycles. The van der Waals surface area contributed by atoms with Gasteiger partial charge in [0.25, 0.3) is 0 Å². The largest absolute Gasteiger partial charge is 0.302 e. The van der Waals surface area contributed by atoms with E-state index in [-0.39, 0.29) is 29.8 Å². The zero-order valence-corrected chi connectivity index (χ0v) is 19.3. The number of benzene rings is 2. The van der Waals surface area contributed by atoms with E-state index in [1.165, 1.54) is 33.3 Å². The molecule has 9 heteroatoms. The Kier molecular flexibility index (Phi) is 6.68. The fourth-order valence-corrected chi connectivity index (χ4v) is 5.89. The molecule has 32 heavy (non-hydrogen) atoms. The van der Waals surface area contributed by atoms with Crippen LogP contribution in [0.25, 0.3) is 11.3 Å². The minimum atomic E-state index is -3.69. The Bertz CT molecular complexity index is 1180. The molecule has 1 fully saturated rings. The van der Waals surface area contributed by atoms with Crippen molar-refractivity contribution < 1.29 is 17.6 Å². The molecule has 0 saturated carbocycles. The molecule has 4 rings (SSSR count). The van der Waals surface area contributed by atoms with Gasteiger partial charge < -0.3 is 5.32 Å². The first-order chi connectivity index (χ1) is 15.4.